The fraction of sp³-hybridized carbons (Fsp3) is 0.444. The molecule has 2 aromatic rings. The van der Waals surface area contributed by atoms with Gasteiger partial charge >= 0.3 is 0 Å². The summed E-state index contributed by atoms with van der Waals surface area (Å²) >= 11 is 0. The van der Waals surface area contributed by atoms with E-state index in [2.05, 4.69) is 20.4 Å². The summed E-state index contributed by atoms with van der Waals surface area (Å²) in [4.78, 5) is 15.2. The van der Waals surface area contributed by atoms with E-state index < -0.39 is 5.91 Å². The van der Waals surface area contributed by atoms with E-state index in [1.807, 2.05) is 0 Å². The van der Waals surface area contributed by atoms with Gasteiger partial charge in [0.15, 0.2) is 0 Å². The lowest BCUT2D eigenvalue weighted by Crippen LogP contribution is -2.20. The topological polar surface area (TPSA) is 154 Å². The molecule has 0 saturated heterocycles. The Bertz CT molecular complexity index is 593. The number of ether oxygens (including phenoxy) is 1. The molecule has 108 valence electrons. The second-order valence-electron chi connectivity index (χ2n) is 3.67. The van der Waals surface area contributed by atoms with E-state index >= 15 is 0 Å². The zero-order valence-corrected chi connectivity index (χ0v) is 10.4. The molecule has 0 aliphatic rings. The lowest BCUT2D eigenvalue weighted by Gasteiger charge is -2.03. The number of hydrogen-bond acceptors (Lipinski definition) is 8. The maximum atomic E-state index is 11.3. The Labute approximate surface area is 112 Å². The Morgan fingerprint density at radius 2 is 2.25 bits per heavy atom. The van der Waals surface area contributed by atoms with E-state index in [-0.39, 0.29) is 38.3 Å². The van der Waals surface area contributed by atoms with E-state index in [9.17, 15) is 4.79 Å². The number of rotatable bonds is 7. The Balaban J connectivity index is 2.26. The van der Waals surface area contributed by atoms with Crippen molar-refractivity contribution in [2.24, 2.45) is 5.73 Å². The number of carbonyl (C=O) groups excluding carboxylic acids is 1. The third kappa shape index (κ3) is 2.96. The summed E-state index contributed by atoms with van der Waals surface area (Å²) in [5.41, 5.74) is 5.52. The van der Waals surface area contributed by atoms with Crippen molar-refractivity contribution in [2.45, 2.75) is 13.3 Å². The van der Waals surface area contributed by atoms with Gasteiger partial charge in [-0.3, -0.25) is 4.79 Å². The molecule has 0 saturated carbocycles. The van der Waals surface area contributed by atoms with Crippen LogP contribution in [0.5, 0.6) is 0 Å². The average Bonchev–Trinajstić information content (AvgIpc) is 3.05. The summed E-state index contributed by atoms with van der Waals surface area (Å²) in [6, 6.07) is 0. The van der Waals surface area contributed by atoms with Crippen LogP contribution in [-0.2, 0) is 18.1 Å². The van der Waals surface area contributed by atoms with E-state index in [0.29, 0.717) is 5.69 Å². The van der Waals surface area contributed by atoms with Crippen molar-refractivity contribution >= 4 is 5.91 Å². The molecule has 0 fully saturated rings. The highest BCUT2D eigenvalue weighted by Gasteiger charge is 2.17. The summed E-state index contributed by atoms with van der Waals surface area (Å²) in [6.07, 6.45) is 1.42. The molecule has 0 unspecified atom stereocenters. The van der Waals surface area contributed by atoms with Gasteiger partial charge in [-0.05, 0) is 0 Å². The second kappa shape index (κ2) is 6.18. The van der Waals surface area contributed by atoms with Gasteiger partial charge in [-0.2, -0.15) is 9.67 Å². The molecule has 0 aliphatic carbocycles. The van der Waals surface area contributed by atoms with Crippen LogP contribution in [0.2, 0.25) is 0 Å². The molecular weight excluding hydrogens is 270 g/mol. The summed E-state index contributed by atoms with van der Waals surface area (Å²) < 4.78 is 7.39. The van der Waals surface area contributed by atoms with Gasteiger partial charge in [0.25, 0.3) is 11.9 Å². The van der Waals surface area contributed by atoms with Crippen LogP contribution in [0.25, 0.3) is 5.95 Å². The minimum atomic E-state index is -0.779. The zero-order chi connectivity index (χ0) is 14.5. The minimum Gasteiger partial charge on any atom is -0.394 e. The van der Waals surface area contributed by atoms with Crippen molar-refractivity contribution in [1.29, 1.82) is 0 Å². The van der Waals surface area contributed by atoms with Crippen molar-refractivity contribution in [3.8, 4) is 5.95 Å². The number of carbonyl (C=O) groups is 1. The van der Waals surface area contributed by atoms with Gasteiger partial charge in [0.05, 0.1) is 26.0 Å². The van der Waals surface area contributed by atoms with Crippen LogP contribution in [0.15, 0.2) is 6.20 Å². The number of aliphatic hydroxyl groups excluding tert-OH is 2. The van der Waals surface area contributed by atoms with Gasteiger partial charge in [-0.1, -0.05) is 5.21 Å². The molecule has 0 aliphatic heterocycles. The number of nitrogens with two attached hydrogens (primary N) is 1. The van der Waals surface area contributed by atoms with Crippen LogP contribution >= 0.6 is 0 Å². The molecule has 2 rings (SSSR count). The van der Waals surface area contributed by atoms with E-state index in [1.165, 1.54) is 10.9 Å². The molecular formula is C9H13N7O4. The SMILES string of the molecule is NC(=O)c1nc(-n2cc(CO)nn2)nn1COCCO. The van der Waals surface area contributed by atoms with Crippen molar-refractivity contribution < 1.29 is 19.7 Å². The fourth-order valence-electron chi connectivity index (χ4n) is 1.38. The molecule has 2 aromatic heterocycles. The number of nitrogens with zero attached hydrogens (tertiary/aromatic N) is 6. The molecule has 0 aromatic carbocycles. The van der Waals surface area contributed by atoms with E-state index in [1.54, 1.807) is 0 Å². The maximum Gasteiger partial charge on any atom is 0.286 e. The average molecular weight is 283 g/mol. The van der Waals surface area contributed by atoms with Gasteiger partial charge in [0, 0.05) is 0 Å². The van der Waals surface area contributed by atoms with Gasteiger partial charge in [0.2, 0.25) is 5.82 Å². The first-order valence-corrected chi connectivity index (χ1v) is 5.61. The van der Waals surface area contributed by atoms with Crippen LogP contribution in [0.4, 0.5) is 0 Å². The third-order valence-electron chi connectivity index (χ3n) is 2.24. The third-order valence-corrected chi connectivity index (χ3v) is 2.24. The van der Waals surface area contributed by atoms with Gasteiger partial charge in [-0.15, -0.1) is 10.2 Å². The lowest BCUT2D eigenvalue weighted by atomic mass is 10.5. The zero-order valence-electron chi connectivity index (χ0n) is 10.4. The highest BCUT2D eigenvalue weighted by Crippen LogP contribution is 2.04. The predicted octanol–water partition coefficient (Wildman–Crippen LogP) is -2.58. The summed E-state index contributed by atoms with van der Waals surface area (Å²) in [5, 5.41) is 28.9. The van der Waals surface area contributed by atoms with Crippen molar-refractivity contribution in [3.63, 3.8) is 0 Å². The monoisotopic (exact) mass is 283 g/mol. The molecule has 2 heterocycles. The molecule has 0 bridgehead atoms. The first-order valence-electron chi connectivity index (χ1n) is 5.61. The Kier molecular flexibility index (Phi) is 4.34. The predicted molar refractivity (Wildman–Crippen MR) is 62.4 cm³/mol. The van der Waals surface area contributed by atoms with Crippen LogP contribution < -0.4 is 5.73 Å². The largest absolute Gasteiger partial charge is 0.394 e. The van der Waals surface area contributed by atoms with Gasteiger partial charge in [-0.25, -0.2) is 4.68 Å². The Hall–Kier alpha value is -2.37. The number of aromatic nitrogens is 6. The molecule has 4 N–H and O–H groups in total. The first kappa shape index (κ1) is 14.0. The number of aliphatic hydroxyl groups is 2. The highest BCUT2D eigenvalue weighted by atomic mass is 16.5. The molecule has 11 heteroatoms. The van der Waals surface area contributed by atoms with Gasteiger partial charge in [0.1, 0.15) is 12.4 Å². The normalized spacial score (nSPS) is 10.9. The highest BCUT2D eigenvalue weighted by molar-refractivity contribution is 5.89. The van der Waals surface area contributed by atoms with Crippen LogP contribution in [-0.4, -0.2) is 59.1 Å². The standard InChI is InChI=1S/C9H13N7O4/c10-7(19)8-11-9(13-16(8)5-20-2-1-17)15-3-6(4-18)12-14-15/h3,17-18H,1-2,4-5H2,(H2,10,19). The lowest BCUT2D eigenvalue weighted by molar-refractivity contribution is 0.0398. The van der Waals surface area contributed by atoms with E-state index in [0.717, 1.165) is 4.68 Å². The summed E-state index contributed by atoms with van der Waals surface area (Å²) in [5.74, 6) is -0.823. The van der Waals surface area contributed by atoms with Crippen molar-refractivity contribution in [2.75, 3.05) is 13.2 Å². The van der Waals surface area contributed by atoms with Crippen molar-refractivity contribution in [3.05, 3.63) is 17.7 Å². The maximum absolute atomic E-state index is 11.3. The molecule has 1 amide bonds. The molecule has 0 atom stereocenters. The first-order chi connectivity index (χ1) is 9.65. The van der Waals surface area contributed by atoms with Crippen molar-refractivity contribution in [1.82, 2.24) is 29.8 Å². The number of amides is 1. The Morgan fingerprint density at radius 1 is 1.45 bits per heavy atom. The summed E-state index contributed by atoms with van der Waals surface area (Å²) in [6.45, 7) is -0.432. The van der Waals surface area contributed by atoms with Crippen LogP contribution in [0, 0.1) is 0 Å². The quantitative estimate of drug-likeness (QED) is 0.468. The number of primary amides is 1. The number of hydrogen-bond donors (Lipinski definition) is 3. The van der Waals surface area contributed by atoms with Crippen LogP contribution in [0.3, 0.4) is 0 Å². The second-order valence-corrected chi connectivity index (χ2v) is 3.67. The molecule has 0 spiro atoms. The van der Waals surface area contributed by atoms with Gasteiger partial charge < -0.3 is 20.7 Å². The fourth-order valence-corrected chi connectivity index (χ4v) is 1.38. The summed E-state index contributed by atoms with van der Waals surface area (Å²) in [7, 11) is 0. The van der Waals surface area contributed by atoms with E-state index in [4.69, 9.17) is 20.7 Å². The smallest absolute Gasteiger partial charge is 0.286 e. The minimum absolute atomic E-state index is 0.0681. The Morgan fingerprint density at radius 3 is 2.85 bits per heavy atom. The van der Waals surface area contributed by atoms with Crippen LogP contribution in [0.1, 0.15) is 16.3 Å². The molecule has 11 nitrogen and oxygen atoms in total. The molecule has 20 heavy (non-hydrogen) atoms. The molecule has 0 radical (unpaired) electrons.